The molecule has 32 heteroatoms. The number of nitrogens with two attached hydrogens (primary N) is 5. The van der Waals surface area contributed by atoms with Gasteiger partial charge in [0.1, 0.15) is 47.4 Å². The molecule has 0 aliphatic rings. The molecule has 13 aromatic carbocycles. The molecular weight excluding hydrogens is 1830 g/mol. The Morgan fingerprint density at radius 2 is 0.585 bits per heavy atom. The highest BCUT2D eigenvalue weighted by Gasteiger charge is 2.34. The van der Waals surface area contributed by atoms with Gasteiger partial charge in [-0.3, -0.25) is 71.9 Å². The van der Waals surface area contributed by atoms with Crippen LogP contribution in [0.2, 0.25) is 10.0 Å². The maximum Gasteiger partial charge on any atom is 0.287 e. The summed E-state index contributed by atoms with van der Waals surface area (Å²) in [4.78, 5) is 182. The van der Waals surface area contributed by atoms with Crippen molar-refractivity contribution in [2.45, 2.75) is 62.3 Å². The molecule has 15 N–H and O–H groups in total. The third-order valence-electron chi connectivity index (χ3n) is 21.6. The van der Waals surface area contributed by atoms with Crippen molar-refractivity contribution >= 4 is 182 Å². The fraction of sp³-hybridized carbons (Fsp3) is 0.117. The lowest BCUT2D eigenvalue weighted by Gasteiger charge is -2.18. The van der Waals surface area contributed by atoms with Gasteiger partial charge in [0.05, 0.1) is 32.3 Å². The predicted molar refractivity (Wildman–Crippen MR) is 513 cm³/mol. The van der Waals surface area contributed by atoms with Gasteiger partial charge in [0, 0.05) is 94.3 Å². The Hall–Kier alpha value is -16.3. The minimum Gasteiger partial charge on any atom is -0.363 e. The number of amides is 10. The summed E-state index contributed by atoms with van der Waals surface area (Å²) in [6.45, 7) is 0. The zero-order chi connectivity index (χ0) is 97.3. The third-order valence-corrected chi connectivity index (χ3v) is 22.9. The van der Waals surface area contributed by atoms with Crippen LogP contribution in [0.25, 0.3) is 54.4 Å². The van der Waals surface area contributed by atoms with Gasteiger partial charge in [0.25, 0.3) is 59.1 Å². The van der Waals surface area contributed by atoms with E-state index in [0.717, 1.165) is 89.5 Å². The number of para-hydroxylation sites is 3. The topological polar surface area (TPSA) is 456 Å². The summed E-state index contributed by atoms with van der Waals surface area (Å²) in [5.41, 5.74) is 33.7. The minimum atomic E-state index is -1.32. The summed E-state index contributed by atoms with van der Waals surface area (Å²) >= 11 is 15.5. The molecule has 0 fully saturated rings. The number of aromatic nitrogens is 2. The molecule has 10 amide bonds. The average Bonchev–Trinajstić information content (AvgIpc) is 1.62. The molecule has 2 aromatic heterocycles. The van der Waals surface area contributed by atoms with Gasteiger partial charge in [-0.1, -0.05) is 272 Å². The molecule has 0 bridgehead atoms. The number of hydrogen-bond acceptors (Lipinski definition) is 15. The SMILES string of the molecule is Cn1c2ccccc2c2c(C(=O)NC(Cc3ccccc3)C(=O)C(N)=O)cccc21.Cn1c2ccccc2c2cccc(C(=O)NC(Cc3ccccc3)C(=O)C(N)=O)c21.NC(=O)C(=O)C(Cc1ccccc1)NC(=O)c1c(Cl)ccc2ccccc12.NC(=O)C(=O)[C@H](Cc1ccccc1)NC(=O)c1c(Cl)cccc1Br.NC(=O)C(=O)[C@H](Cc1ccccc1)NC(=O)c1c(F)cccc1F. The van der Waals surface area contributed by atoms with E-state index in [4.69, 9.17) is 51.9 Å². The summed E-state index contributed by atoms with van der Waals surface area (Å²) in [6.07, 6.45) is 0.622. The van der Waals surface area contributed by atoms with E-state index in [2.05, 4.69) is 42.5 Å². The second kappa shape index (κ2) is 46.5. The first kappa shape index (κ1) is 99.3. The second-order valence-corrected chi connectivity index (χ2v) is 32.3. The Labute approximate surface area is 789 Å². The van der Waals surface area contributed by atoms with Gasteiger partial charge in [-0.15, -0.1) is 0 Å². The number of carbonyl (C=O) groups is 15. The molecule has 0 radical (unpaired) electrons. The molecule has 0 spiro atoms. The first-order valence-electron chi connectivity index (χ1n) is 41.6. The van der Waals surface area contributed by atoms with Crippen molar-refractivity contribution in [1.82, 2.24) is 35.7 Å². The molecule has 0 aliphatic heterocycles. The standard InChI is InChI=1S/2C24H21N3O3.C21H17ClN2O3.C17H14BrClN2O3.C17H14F2N2O3/c1-27-20-13-6-5-10-16(20)17-11-7-12-18(21(17)27)24(30)26-19(22(28)23(25)29)14-15-8-3-2-4-9-15;1-27-19-12-6-5-10-16(19)21-17(11-7-13-20(21)27)24(30)26-18(22(28)23(25)29)14-15-8-3-2-4-9-15;22-16-11-10-14-8-4-5-9-15(14)18(16)21(27)24-17(19(25)20(23)26)12-13-6-2-1-3-7-13;2*18-11-7-4-8-12(19)14(11)17(24)21-13(15(22)16(20)23)9-10-5-2-1-3-6-10/h2-13,19H,14H2,1H3,(H2,25,29)(H,26,30);2-13,18H,14H2,1H3,(H2,25,29)(H,26,30);1-11,17H,12H2,(H2,23,26)(H,24,27);2*1-8,13H,9H2,(H2,20,23)(H,21,24)/t;;;2*13-/m...00/s1. The Morgan fingerprint density at radius 1 is 0.289 bits per heavy atom. The maximum atomic E-state index is 13.7. The molecule has 684 valence electrons. The van der Waals surface area contributed by atoms with Crippen LogP contribution in [-0.2, 0) is 94.1 Å². The molecule has 0 aliphatic carbocycles. The van der Waals surface area contributed by atoms with Crippen molar-refractivity contribution in [2.75, 3.05) is 0 Å². The van der Waals surface area contributed by atoms with Gasteiger partial charge < -0.3 is 64.4 Å². The fourth-order valence-corrected chi connectivity index (χ4v) is 16.2. The molecule has 15 aromatic rings. The number of nitrogens with zero attached hydrogens (tertiary/aromatic N) is 2. The van der Waals surface area contributed by atoms with E-state index in [1.807, 2.05) is 193 Å². The van der Waals surface area contributed by atoms with Crippen LogP contribution in [0.3, 0.4) is 0 Å². The Bertz CT molecular complexity index is 6880. The summed E-state index contributed by atoms with van der Waals surface area (Å²) < 4.78 is 31.8. The Kier molecular flexibility index (Phi) is 34.2. The number of Topliss-reactive ketones (excluding diaryl/α,β-unsaturated/α-hetero) is 5. The van der Waals surface area contributed by atoms with Crippen LogP contribution in [0.4, 0.5) is 8.78 Å². The van der Waals surface area contributed by atoms with Crippen molar-refractivity contribution in [3.05, 3.63) is 391 Å². The van der Waals surface area contributed by atoms with Gasteiger partial charge >= 0.3 is 0 Å². The number of benzene rings is 13. The smallest absolute Gasteiger partial charge is 0.287 e. The summed E-state index contributed by atoms with van der Waals surface area (Å²) in [6, 6.07) is 84.7. The highest BCUT2D eigenvalue weighted by molar-refractivity contribution is 9.10. The summed E-state index contributed by atoms with van der Waals surface area (Å²) in [5, 5.41) is 18.5. The first-order valence-corrected chi connectivity index (χ1v) is 43.2. The van der Waals surface area contributed by atoms with Crippen LogP contribution < -0.4 is 55.3 Å². The van der Waals surface area contributed by atoms with Crippen LogP contribution in [-0.4, -0.2) is 127 Å². The molecule has 5 atom stereocenters. The molecule has 135 heavy (non-hydrogen) atoms. The van der Waals surface area contributed by atoms with Crippen LogP contribution in [0, 0.1) is 11.6 Å². The van der Waals surface area contributed by atoms with E-state index < -0.39 is 135 Å². The monoisotopic (exact) mass is 1920 g/mol. The largest absolute Gasteiger partial charge is 0.363 e. The van der Waals surface area contributed by atoms with Gasteiger partial charge in [0.15, 0.2) is 0 Å². The number of hydrogen-bond donors (Lipinski definition) is 10. The lowest BCUT2D eigenvalue weighted by atomic mass is 10.00. The molecule has 27 nitrogen and oxygen atoms in total. The number of rotatable bonds is 30. The highest BCUT2D eigenvalue weighted by Crippen LogP contribution is 2.34. The maximum absolute atomic E-state index is 13.7. The van der Waals surface area contributed by atoms with Crippen molar-refractivity contribution in [3.8, 4) is 0 Å². The van der Waals surface area contributed by atoms with Crippen molar-refractivity contribution in [2.24, 2.45) is 42.8 Å². The van der Waals surface area contributed by atoms with E-state index in [1.54, 1.807) is 121 Å². The fourth-order valence-electron chi connectivity index (χ4n) is 15.0. The van der Waals surface area contributed by atoms with Crippen molar-refractivity contribution in [1.29, 1.82) is 0 Å². The molecule has 3 unspecified atom stereocenters. The normalized spacial score (nSPS) is 11.8. The van der Waals surface area contributed by atoms with Crippen molar-refractivity contribution < 1.29 is 80.7 Å². The van der Waals surface area contributed by atoms with Gasteiger partial charge in [-0.05, 0) is 115 Å². The quantitative estimate of drug-likeness (QED) is 0.0187. The number of aryl methyl sites for hydroxylation is 2. The number of primary amides is 5. The summed E-state index contributed by atoms with van der Waals surface area (Å²) in [5.74, 6) is -15.2. The van der Waals surface area contributed by atoms with Gasteiger partial charge in [-0.25, -0.2) is 8.78 Å². The average molecular weight is 1920 g/mol. The van der Waals surface area contributed by atoms with E-state index in [0.29, 0.717) is 26.5 Å². The van der Waals surface area contributed by atoms with Gasteiger partial charge in [-0.2, -0.15) is 0 Å². The molecule has 15 rings (SSSR count). The van der Waals surface area contributed by atoms with E-state index in [-0.39, 0.29) is 53.3 Å². The lowest BCUT2D eigenvalue weighted by molar-refractivity contribution is -0.137. The number of nitrogens with one attached hydrogen (secondary N) is 5. The minimum absolute atomic E-state index is 0.0373. The van der Waals surface area contributed by atoms with Crippen LogP contribution in [0.5, 0.6) is 0 Å². The number of ketones is 5. The zero-order valence-corrected chi connectivity index (χ0v) is 75.3. The van der Waals surface area contributed by atoms with Gasteiger partial charge in [0.2, 0.25) is 28.9 Å². The number of carbonyl (C=O) groups excluding carboxylic acids is 15. The van der Waals surface area contributed by atoms with E-state index in [1.165, 1.54) is 0 Å². The predicted octanol–water partition coefficient (Wildman–Crippen LogP) is 12.2. The highest BCUT2D eigenvalue weighted by atomic mass is 79.9. The van der Waals surface area contributed by atoms with Crippen LogP contribution >= 0.6 is 39.1 Å². The van der Waals surface area contributed by atoms with E-state index in [9.17, 15) is 80.7 Å². The first-order chi connectivity index (χ1) is 64.7. The van der Waals surface area contributed by atoms with Crippen LogP contribution in [0.15, 0.2) is 314 Å². The Balaban J connectivity index is 0.000000163. The molecule has 0 saturated carbocycles. The Morgan fingerprint density at radius 3 is 0.993 bits per heavy atom. The van der Waals surface area contributed by atoms with E-state index >= 15 is 0 Å². The second-order valence-electron chi connectivity index (χ2n) is 30.6. The third kappa shape index (κ3) is 25.3. The summed E-state index contributed by atoms with van der Waals surface area (Å²) in [7, 11) is 3.85. The number of fused-ring (bicyclic) bond motifs is 7. The number of halogens is 5. The lowest BCUT2D eigenvalue weighted by Crippen LogP contribution is -2.47. The molecular formula is C103H87BrCl2F2N12O15. The zero-order valence-electron chi connectivity index (χ0n) is 72.2. The molecule has 2 heterocycles. The molecule has 0 saturated heterocycles. The van der Waals surface area contributed by atoms with Crippen LogP contribution in [0.1, 0.15) is 79.6 Å². The van der Waals surface area contributed by atoms with Crippen molar-refractivity contribution in [3.63, 3.8) is 0 Å².